The quantitative estimate of drug-likeness (QED) is 0.807. The van der Waals surface area contributed by atoms with Gasteiger partial charge in [-0.25, -0.2) is 4.98 Å². The van der Waals surface area contributed by atoms with Crippen LogP contribution in [0.5, 0.6) is 0 Å². The lowest BCUT2D eigenvalue weighted by atomic mass is 9.90. The molecule has 1 fully saturated rings. The number of hydrogen-bond donors (Lipinski definition) is 2. The molecule has 7 heteroatoms. The number of rotatable bonds is 2. The van der Waals surface area contributed by atoms with Gasteiger partial charge >= 0.3 is 11.8 Å². The number of likely N-dealkylation sites (tertiary alicyclic amines) is 1. The third-order valence-corrected chi connectivity index (χ3v) is 4.74. The molecule has 1 aliphatic rings. The molecule has 26 heavy (non-hydrogen) atoms. The molecule has 0 spiro atoms. The average Bonchev–Trinajstić information content (AvgIpc) is 2.64. The highest BCUT2D eigenvalue weighted by Gasteiger charge is 2.34. The number of aromatic nitrogens is 2. The van der Waals surface area contributed by atoms with E-state index < -0.39 is 11.8 Å². The molecular formula is C19H23N5O2. The van der Waals surface area contributed by atoms with E-state index in [2.05, 4.69) is 22.2 Å². The van der Waals surface area contributed by atoms with E-state index in [0.29, 0.717) is 24.0 Å². The average molecular weight is 353 g/mol. The Labute approximate surface area is 152 Å². The van der Waals surface area contributed by atoms with Gasteiger partial charge in [0.15, 0.2) is 0 Å². The summed E-state index contributed by atoms with van der Waals surface area (Å²) in [7, 11) is 0. The van der Waals surface area contributed by atoms with Gasteiger partial charge in [0.2, 0.25) is 0 Å². The van der Waals surface area contributed by atoms with Crippen LogP contribution in [-0.4, -0.2) is 33.2 Å². The lowest BCUT2D eigenvalue weighted by Gasteiger charge is -2.38. The summed E-state index contributed by atoms with van der Waals surface area (Å²) in [5.41, 5.74) is 7.89. The second kappa shape index (κ2) is 7.51. The van der Waals surface area contributed by atoms with E-state index >= 15 is 0 Å². The molecule has 3 N–H and O–H groups in total. The number of nitrogens with zero attached hydrogens (tertiary/aromatic N) is 3. The first-order valence-corrected chi connectivity index (χ1v) is 8.69. The van der Waals surface area contributed by atoms with E-state index in [1.165, 1.54) is 6.20 Å². The number of nitrogens with two attached hydrogens (primary N) is 1. The zero-order valence-corrected chi connectivity index (χ0v) is 15.0. The summed E-state index contributed by atoms with van der Waals surface area (Å²) in [5, 5.41) is 2.63. The Morgan fingerprint density at radius 3 is 2.69 bits per heavy atom. The molecule has 2 amide bonds. The van der Waals surface area contributed by atoms with Crippen molar-refractivity contribution in [1.82, 2.24) is 14.9 Å². The second-order valence-electron chi connectivity index (χ2n) is 6.82. The van der Waals surface area contributed by atoms with Gasteiger partial charge in [-0.3, -0.25) is 14.6 Å². The van der Waals surface area contributed by atoms with Gasteiger partial charge in [-0.05, 0) is 55.0 Å². The van der Waals surface area contributed by atoms with E-state index in [9.17, 15) is 9.59 Å². The van der Waals surface area contributed by atoms with Crippen molar-refractivity contribution in [1.29, 1.82) is 0 Å². The number of pyridine rings is 2. The van der Waals surface area contributed by atoms with E-state index in [1.807, 2.05) is 12.1 Å². The van der Waals surface area contributed by atoms with Crippen molar-refractivity contribution in [2.45, 2.75) is 32.7 Å². The van der Waals surface area contributed by atoms with Crippen LogP contribution < -0.4 is 11.1 Å². The summed E-state index contributed by atoms with van der Waals surface area (Å²) in [6.07, 6.45) is 6.71. The standard InChI is InChI=1S/C19H23N5O2/c1-12-3-4-16(14-5-7-21-8-6-14)24(11-12)19(26)18(25)23-15-9-13(2)17(20)22-10-15/h5-10,12,16H,3-4,11H2,1-2H3,(H2,20,22)(H,23,25)/t12-,16?/m0/s1. The van der Waals surface area contributed by atoms with E-state index in [-0.39, 0.29) is 6.04 Å². The highest BCUT2D eigenvalue weighted by Crippen LogP contribution is 2.33. The maximum Gasteiger partial charge on any atom is 0.313 e. The van der Waals surface area contributed by atoms with E-state index in [1.54, 1.807) is 30.3 Å². The number of piperidine rings is 1. The number of aryl methyl sites for hydroxylation is 1. The molecule has 3 rings (SSSR count). The SMILES string of the molecule is Cc1cc(NC(=O)C(=O)N2C[C@@H](C)CCC2c2ccncc2)cnc1N. The van der Waals surface area contributed by atoms with Crippen molar-refractivity contribution < 1.29 is 9.59 Å². The fourth-order valence-corrected chi connectivity index (χ4v) is 3.28. The maximum absolute atomic E-state index is 12.8. The Hall–Kier alpha value is -2.96. The van der Waals surface area contributed by atoms with Gasteiger partial charge in [-0.1, -0.05) is 6.92 Å². The zero-order valence-electron chi connectivity index (χ0n) is 15.0. The minimum Gasteiger partial charge on any atom is -0.383 e. The van der Waals surface area contributed by atoms with E-state index in [4.69, 9.17) is 5.73 Å². The maximum atomic E-state index is 12.8. The molecule has 2 aromatic rings. The van der Waals surface area contributed by atoms with Crippen LogP contribution in [0.3, 0.4) is 0 Å². The molecule has 1 saturated heterocycles. The number of carbonyl (C=O) groups excluding carboxylic acids is 2. The van der Waals surface area contributed by atoms with Crippen LogP contribution in [0.4, 0.5) is 11.5 Å². The zero-order chi connectivity index (χ0) is 18.7. The van der Waals surface area contributed by atoms with Crippen molar-refractivity contribution in [3.05, 3.63) is 47.9 Å². The highest BCUT2D eigenvalue weighted by molar-refractivity contribution is 6.39. The molecule has 2 aromatic heterocycles. The fraction of sp³-hybridized carbons (Fsp3) is 0.368. The van der Waals surface area contributed by atoms with Crippen molar-refractivity contribution >= 4 is 23.3 Å². The predicted molar refractivity (Wildman–Crippen MR) is 99.1 cm³/mol. The van der Waals surface area contributed by atoms with Crippen LogP contribution in [0, 0.1) is 12.8 Å². The minimum atomic E-state index is -0.663. The summed E-state index contributed by atoms with van der Waals surface area (Å²) < 4.78 is 0. The van der Waals surface area contributed by atoms with Crippen molar-refractivity contribution in [2.75, 3.05) is 17.6 Å². The van der Waals surface area contributed by atoms with Crippen LogP contribution >= 0.6 is 0 Å². The van der Waals surface area contributed by atoms with Crippen molar-refractivity contribution in [2.24, 2.45) is 5.92 Å². The number of anilines is 2. The van der Waals surface area contributed by atoms with Crippen LogP contribution in [0.2, 0.25) is 0 Å². The van der Waals surface area contributed by atoms with Crippen molar-refractivity contribution in [3.8, 4) is 0 Å². The smallest absolute Gasteiger partial charge is 0.313 e. The summed E-state index contributed by atoms with van der Waals surface area (Å²) >= 11 is 0. The van der Waals surface area contributed by atoms with Crippen LogP contribution in [0.15, 0.2) is 36.8 Å². The summed E-state index contributed by atoms with van der Waals surface area (Å²) in [4.78, 5) is 35.1. The summed E-state index contributed by atoms with van der Waals surface area (Å²) in [5.74, 6) is -0.445. The lowest BCUT2D eigenvalue weighted by Crippen LogP contribution is -2.46. The molecule has 0 radical (unpaired) electrons. The molecule has 0 saturated carbocycles. The van der Waals surface area contributed by atoms with Crippen LogP contribution in [-0.2, 0) is 9.59 Å². The molecule has 7 nitrogen and oxygen atoms in total. The molecule has 0 aromatic carbocycles. The highest BCUT2D eigenvalue weighted by atomic mass is 16.2. The topological polar surface area (TPSA) is 101 Å². The molecule has 136 valence electrons. The first-order valence-electron chi connectivity index (χ1n) is 8.69. The van der Waals surface area contributed by atoms with Gasteiger partial charge in [0, 0.05) is 18.9 Å². The summed E-state index contributed by atoms with van der Waals surface area (Å²) in [6, 6.07) is 5.38. The lowest BCUT2D eigenvalue weighted by molar-refractivity contribution is -0.146. The van der Waals surface area contributed by atoms with Gasteiger partial charge < -0.3 is 16.0 Å². The fourth-order valence-electron chi connectivity index (χ4n) is 3.28. The molecule has 1 aliphatic heterocycles. The third kappa shape index (κ3) is 3.82. The largest absolute Gasteiger partial charge is 0.383 e. The normalized spacial score (nSPS) is 19.8. The van der Waals surface area contributed by atoms with Crippen molar-refractivity contribution in [3.63, 3.8) is 0 Å². The first-order chi connectivity index (χ1) is 12.5. The van der Waals surface area contributed by atoms with Crippen LogP contribution in [0.1, 0.15) is 36.9 Å². The Morgan fingerprint density at radius 2 is 2.00 bits per heavy atom. The van der Waals surface area contributed by atoms with Gasteiger partial charge in [0.25, 0.3) is 0 Å². The molecule has 0 aliphatic carbocycles. The predicted octanol–water partition coefficient (Wildman–Crippen LogP) is 2.31. The second-order valence-corrected chi connectivity index (χ2v) is 6.82. The Balaban J connectivity index is 1.78. The molecule has 0 bridgehead atoms. The minimum absolute atomic E-state index is 0.112. The Morgan fingerprint density at radius 1 is 1.27 bits per heavy atom. The Bertz CT molecular complexity index is 809. The molecule has 3 heterocycles. The van der Waals surface area contributed by atoms with Gasteiger partial charge in [-0.2, -0.15) is 0 Å². The monoisotopic (exact) mass is 353 g/mol. The van der Waals surface area contributed by atoms with Crippen LogP contribution in [0.25, 0.3) is 0 Å². The van der Waals surface area contributed by atoms with E-state index in [0.717, 1.165) is 24.0 Å². The van der Waals surface area contributed by atoms with Gasteiger partial charge in [0.1, 0.15) is 5.82 Å². The Kier molecular flexibility index (Phi) is 5.16. The van der Waals surface area contributed by atoms with Gasteiger partial charge in [0.05, 0.1) is 17.9 Å². The molecular weight excluding hydrogens is 330 g/mol. The third-order valence-electron chi connectivity index (χ3n) is 4.74. The molecule has 2 atom stereocenters. The number of hydrogen-bond acceptors (Lipinski definition) is 5. The first kappa shape index (κ1) is 17.8. The number of amides is 2. The number of nitrogens with one attached hydrogen (secondary N) is 1. The summed E-state index contributed by atoms with van der Waals surface area (Å²) in [6.45, 7) is 4.44. The number of carbonyl (C=O) groups is 2. The number of nitrogen functional groups attached to an aromatic ring is 1. The van der Waals surface area contributed by atoms with Gasteiger partial charge in [-0.15, -0.1) is 0 Å². The molecule has 1 unspecified atom stereocenters.